The van der Waals surface area contributed by atoms with Crippen LogP contribution in [0.4, 0.5) is 0 Å². The first-order valence-corrected chi connectivity index (χ1v) is 8.82. The lowest BCUT2D eigenvalue weighted by atomic mass is 9.99. The predicted molar refractivity (Wildman–Crippen MR) is 96.2 cm³/mol. The minimum absolute atomic E-state index is 0.170. The Hall–Kier alpha value is -1.46. The maximum Gasteiger partial charge on any atom is 0.0897 e. The van der Waals surface area contributed by atoms with Gasteiger partial charge in [-0.1, -0.05) is 42.5 Å². The Morgan fingerprint density at radius 3 is 2.92 bits per heavy atom. The SMILES string of the molecule is CC(NCC(O)COCC1CCCO1)c1cccc2ccccc12. The number of hydrogen-bond donors (Lipinski definition) is 2. The fraction of sp³-hybridized carbons (Fsp3) is 0.500. The van der Waals surface area contributed by atoms with E-state index < -0.39 is 6.10 Å². The Morgan fingerprint density at radius 1 is 1.25 bits per heavy atom. The Kier molecular flexibility index (Phi) is 6.21. The zero-order valence-electron chi connectivity index (χ0n) is 14.3. The van der Waals surface area contributed by atoms with E-state index in [-0.39, 0.29) is 12.1 Å². The number of fused-ring (bicyclic) bond motifs is 1. The van der Waals surface area contributed by atoms with Crippen molar-refractivity contribution in [1.29, 1.82) is 0 Å². The molecule has 4 heteroatoms. The summed E-state index contributed by atoms with van der Waals surface area (Å²) >= 11 is 0. The van der Waals surface area contributed by atoms with Gasteiger partial charge in [-0.2, -0.15) is 0 Å². The van der Waals surface area contributed by atoms with Gasteiger partial charge in [0, 0.05) is 19.2 Å². The minimum Gasteiger partial charge on any atom is -0.389 e. The molecular weight excluding hydrogens is 302 g/mol. The number of ether oxygens (including phenoxy) is 2. The van der Waals surface area contributed by atoms with Crippen LogP contribution in [0, 0.1) is 0 Å². The van der Waals surface area contributed by atoms with Crippen molar-refractivity contribution in [3.63, 3.8) is 0 Å². The lowest BCUT2D eigenvalue weighted by Gasteiger charge is -2.19. The van der Waals surface area contributed by atoms with Crippen LogP contribution < -0.4 is 5.32 Å². The number of benzene rings is 2. The summed E-state index contributed by atoms with van der Waals surface area (Å²) in [6.07, 6.45) is 1.87. The van der Waals surface area contributed by atoms with Crippen molar-refractivity contribution in [3.8, 4) is 0 Å². The molecular formula is C20H27NO3. The topological polar surface area (TPSA) is 50.7 Å². The van der Waals surface area contributed by atoms with Crippen molar-refractivity contribution < 1.29 is 14.6 Å². The highest BCUT2D eigenvalue weighted by atomic mass is 16.5. The van der Waals surface area contributed by atoms with Gasteiger partial charge in [0.15, 0.2) is 0 Å². The fourth-order valence-corrected chi connectivity index (χ4v) is 3.22. The second kappa shape index (κ2) is 8.58. The third-order valence-electron chi connectivity index (χ3n) is 4.59. The first kappa shape index (κ1) is 17.4. The predicted octanol–water partition coefficient (Wildman–Crippen LogP) is 3.05. The van der Waals surface area contributed by atoms with Gasteiger partial charge in [0.2, 0.25) is 0 Å². The Bertz CT molecular complexity index is 634. The van der Waals surface area contributed by atoms with Crippen molar-refractivity contribution in [2.75, 3.05) is 26.4 Å². The zero-order chi connectivity index (χ0) is 16.8. The van der Waals surface area contributed by atoms with Crippen molar-refractivity contribution in [3.05, 3.63) is 48.0 Å². The van der Waals surface area contributed by atoms with Crippen LogP contribution in [0.15, 0.2) is 42.5 Å². The molecule has 1 saturated heterocycles. The van der Waals surface area contributed by atoms with Gasteiger partial charge in [0.05, 0.1) is 25.4 Å². The van der Waals surface area contributed by atoms with Crippen LogP contribution in [0.3, 0.4) is 0 Å². The molecule has 0 aromatic heterocycles. The number of nitrogens with one attached hydrogen (secondary N) is 1. The number of aliphatic hydroxyl groups is 1. The van der Waals surface area contributed by atoms with Gasteiger partial charge < -0.3 is 19.9 Å². The summed E-state index contributed by atoms with van der Waals surface area (Å²) in [4.78, 5) is 0. The smallest absolute Gasteiger partial charge is 0.0897 e. The van der Waals surface area contributed by atoms with Crippen molar-refractivity contribution in [2.24, 2.45) is 0 Å². The van der Waals surface area contributed by atoms with E-state index in [0.29, 0.717) is 19.8 Å². The van der Waals surface area contributed by atoms with E-state index in [1.54, 1.807) is 0 Å². The van der Waals surface area contributed by atoms with Crippen LogP contribution in [-0.2, 0) is 9.47 Å². The number of hydrogen-bond acceptors (Lipinski definition) is 4. The highest BCUT2D eigenvalue weighted by Gasteiger charge is 2.16. The average molecular weight is 329 g/mol. The lowest BCUT2D eigenvalue weighted by molar-refractivity contribution is -0.0168. The molecule has 2 aromatic rings. The molecule has 0 aliphatic carbocycles. The Labute approximate surface area is 143 Å². The molecule has 3 rings (SSSR count). The maximum absolute atomic E-state index is 10.1. The summed E-state index contributed by atoms with van der Waals surface area (Å²) in [5.41, 5.74) is 1.25. The Balaban J connectivity index is 1.46. The molecule has 0 radical (unpaired) electrons. The van der Waals surface area contributed by atoms with Crippen LogP contribution in [0.25, 0.3) is 10.8 Å². The molecule has 1 fully saturated rings. The van der Waals surface area contributed by atoms with E-state index in [9.17, 15) is 5.11 Å². The van der Waals surface area contributed by atoms with E-state index >= 15 is 0 Å². The summed E-state index contributed by atoms with van der Waals surface area (Å²) in [6, 6.07) is 14.9. The zero-order valence-corrected chi connectivity index (χ0v) is 14.3. The van der Waals surface area contributed by atoms with E-state index in [1.807, 2.05) is 0 Å². The van der Waals surface area contributed by atoms with E-state index in [4.69, 9.17) is 9.47 Å². The van der Waals surface area contributed by atoms with Crippen LogP contribution in [0.1, 0.15) is 31.4 Å². The minimum atomic E-state index is -0.510. The lowest BCUT2D eigenvalue weighted by Crippen LogP contribution is -2.33. The third kappa shape index (κ3) is 4.54. The average Bonchev–Trinajstić information content (AvgIpc) is 3.12. The second-order valence-electron chi connectivity index (χ2n) is 6.52. The van der Waals surface area contributed by atoms with Crippen LogP contribution >= 0.6 is 0 Å². The second-order valence-corrected chi connectivity index (χ2v) is 6.52. The third-order valence-corrected chi connectivity index (χ3v) is 4.59. The molecule has 0 amide bonds. The van der Waals surface area contributed by atoms with Gasteiger partial charge >= 0.3 is 0 Å². The standard InChI is InChI=1S/C20H27NO3/c1-15(19-10-4-7-16-6-2-3-9-20(16)19)21-12-17(22)13-23-14-18-8-5-11-24-18/h2-4,6-7,9-10,15,17-18,21-22H,5,8,11-14H2,1H3. The fourth-order valence-electron chi connectivity index (χ4n) is 3.22. The largest absolute Gasteiger partial charge is 0.389 e. The highest BCUT2D eigenvalue weighted by Crippen LogP contribution is 2.23. The molecule has 2 aromatic carbocycles. The summed E-state index contributed by atoms with van der Waals surface area (Å²) in [5, 5.41) is 16.0. The van der Waals surface area contributed by atoms with Crippen LogP contribution in [0.5, 0.6) is 0 Å². The summed E-state index contributed by atoms with van der Waals surface area (Å²) in [6.45, 7) is 4.39. The summed E-state index contributed by atoms with van der Waals surface area (Å²) in [7, 11) is 0. The number of aliphatic hydroxyl groups excluding tert-OH is 1. The molecule has 2 N–H and O–H groups in total. The van der Waals surface area contributed by atoms with Gasteiger partial charge in [0.25, 0.3) is 0 Å². The molecule has 1 aliphatic rings. The van der Waals surface area contributed by atoms with Crippen molar-refractivity contribution in [1.82, 2.24) is 5.32 Å². The molecule has 3 atom stereocenters. The molecule has 4 nitrogen and oxygen atoms in total. The van der Waals surface area contributed by atoms with Gasteiger partial charge in [-0.15, -0.1) is 0 Å². The first-order chi connectivity index (χ1) is 11.7. The van der Waals surface area contributed by atoms with Gasteiger partial charge in [-0.25, -0.2) is 0 Å². The van der Waals surface area contributed by atoms with Crippen LogP contribution in [0.2, 0.25) is 0 Å². The van der Waals surface area contributed by atoms with Gasteiger partial charge in [0.1, 0.15) is 0 Å². The normalized spacial score (nSPS) is 20.3. The molecule has 0 saturated carbocycles. The quantitative estimate of drug-likeness (QED) is 0.781. The summed E-state index contributed by atoms with van der Waals surface area (Å²) in [5.74, 6) is 0. The molecule has 130 valence electrons. The Morgan fingerprint density at radius 2 is 2.08 bits per heavy atom. The molecule has 0 bridgehead atoms. The molecule has 1 heterocycles. The monoisotopic (exact) mass is 329 g/mol. The van der Waals surface area contributed by atoms with E-state index in [1.165, 1.54) is 16.3 Å². The van der Waals surface area contributed by atoms with Crippen molar-refractivity contribution in [2.45, 2.75) is 38.0 Å². The number of rotatable bonds is 8. The van der Waals surface area contributed by atoms with Crippen molar-refractivity contribution >= 4 is 10.8 Å². The van der Waals surface area contributed by atoms with Crippen LogP contribution in [-0.4, -0.2) is 43.7 Å². The van der Waals surface area contributed by atoms with Gasteiger partial charge in [-0.3, -0.25) is 0 Å². The molecule has 24 heavy (non-hydrogen) atoms. The molecule has 0 spiro atoms. The highest BCUT2D eigenvalue weighted by molar-refractivity contribution is 5.86. The first-order valence-electron chi connectivity index (χ1n) is 8.82. The maximum atomic E-state index is 10.1. The molecule has 1 aliphatic heterocycles. The summed E-state index contributed by atoms with van der Waals surface area (Å²) < 4.78 is 11.1. The van der Waals surface area contributed by atoms with E-state index in [2.05, 4.69) is 54.7 Å². The van der Waals surface area contributed by atoms with E-state index in [0.717, 1.165) is 19.4 Å². The van der Waals surface area contributed by atoms with Gasteiger partial charge in [-0.05, 0) is 36.1 Å². The molecule has 3 unspecified atom stereocenters.